The third kappa shape index (κ3) is 3.68. The van der Waals surface area contributed by atoms with Crippen molar-refractivity contribution in [2.24, 2.45) is 0 Å². The zero-order valence-corrected chi connectivity index (χ0v) is 14.4. The molecular formula is C20H25Cl. The number of alkyl halides is 1. The third-order valence-corrected chi connectivity index (χ3v) is 4.49. The normalized spacial score (nSPS) is 13.0. The molecule has 2 rings (SSSR count). The number of benzene rings is 2. The Morgan fingerprint density at radius 1 is 0.762 bits per heavy atom. The van der Waals surface area contributed by atoms with E-state index in [9.17, 15) is 0 Å². The van der Waals surface area contributed by atoms with E-state index in [0.717, 1.165) is 0 Å². The van der Waals surface area contributed by atoms with E-state index < -0.39 is 0 Å². The summed E-state index contributed by atoms with van der Waals surface area (Å²) in [5.41, 5.74) is 6.42. The van der Waals surface area contributed by atoms with Crippen LogP contribution in [0.4, 0.5) is 0 Å². The molecule has 1 heteroatoms. The van der Waals surface area contributed by atoms with Crippen LogP contribution in [0.15, 0.2) is 42.5 Å². The molecule has 0 fully saturated rings. The second kappa shape index (κ2) is 6.66. The summed E-state index contributed by atoms with van der Waals surface area (Å²) in [5.74, 6) is 1.02. The van der Waals surface area contributed by atoms with Crippen molar-refractivity contribution in [2.45, 2.75) is 51.8 Å². The van der Waals surface area contributed by atoms with E-state index >= 15 is 0 Å². The maximum Gasteiger partial charge on any atom is 0.0838 e. The van der Waals surface area contributed by atoms with Crippen LogP contribution in [0.3, 0.4) is 0 Å². The standard InChI is InChI=1S/C20H25Cl/c1-13(2)16-9-10-18(19(12-16)14(3)4)20(21)17-8-6-7-15(5)11-17/h6-14,20H,1-5H3. The molecule has 0 aliphatic carbocycles. The van der Waals surface area contributed by atoms with Gasteiger partial charge in [0.1, 0.15) is 0 Å². The Morgan fingerprint density at radius 2 is 1.48 bits per heavy atom. The van der Waals surface area contributed by atoms with Crippen molar-refractivity contribution in [3.63, 3.8) is 0 Å². The summed E-state index contributed by atoms with van der Waals surface area (Å²) in [6, 6.07) is 15.2. The lowest BCUT2D eigenvalue weighted by Gasteiger charge is -2.20. The summed E-state index contributed by atoms with van der Waals surface area (Å²) in [6.07, 6.45) is 0. The van der Waals surface area contributed by atoms with Gasteiger partial charge in [-0.2, -0.15) is 0 Å². The van der Waals surface area contributed by atoms with Gasteiger partial charge in [0.05, 0.1) is 5.38 Å². The van der Waals surface area contributed by atoms with Gasteiger partial charge < -0.3 is 0 Å². The average molecular weight is 301 g/mol. The number of hydrogen-bond acceptors (Lipinski definition) is 0. The Kier molecular flexibility index (Phi) is 5.11. The lowest BCUT2D eigenvalue weighted by atomic mass is 9.88. The molecule has 0 amide bonds. The van der Waals surface area contributed by atoms with Gasteiger partial charge in [0, 0.05) is 0 Å². The molecule has 0 nitrogen and oxygen atoms in total. The largest absolute Gasteiger partial charge is 0.113 e. The van der Waals surface area contributed by atoms with Crippen LogP contribution < -0.4 is 0 Å². The fourth-order valence-corrected chi connectivity index (χ4v) is 3.02. The van der Waals surface area contributed by atoms with Crippen LogP contribution in [0.25, 0.3) is 0 Å². The quantitative estimate of drug-likeness (QED) is 0.560. The van der Waals surface area contributed by atoms with Crippen molar-refractivity contribution in [1.82, 2.24) is 0 Å². The number of halogens is 1. The van der Waals surface area contributed by atoms with Gasteiger partial charge in [-0.05, 0) is 41.0 Å². The minimum Gasteiger partial charge on any atom is -0.113 e. The van der Waals surface area contributed by atoms with Gasteiger partial charge in [0.15, 0.2) is 0 Å². The molecule has 112 valence electrons. The van der Waals surface area contributed by atoms with Crippen LogP contribution in [0, 0.1) is 6.92 Å². The molecular weight excluding hydrogens is 276 g/mol. The summed E-state index contributed by atoms with van der Waals surface area (Å²) < 4.78 is 0. The Bertz CT molecular complexity index is 611. The minimum absolute atomic E-state index is 0.0801. The molecule has 0 heterocycles. The summed E-state index contributed by atoms with van der Waals surface area (Å²) in [4.78, 5) is 0. The Morgan fingerprint density at radius 3 is 2.05 bits per heavy atom. The van der Waals surface area contributed by atoms with E-state index in [0.29, 0.717) is 11.8 Å². The van der Waals surface area contributed by atoms with Gasteiger partial charge in [-0.15, -0.1) is 11.6 Å². The molecule has 1 unspecified atom stereocenters. The Balaban J connectivity index is 2.47. The molecule has 0 saturated heterocycles. The maximum absolute atomic E-state index is 6.78. The van der Waals surface area contributed by atoms with Crippen molar-refractivity contribution in [1.29, 1.82) is 0 Å². The molecule has 0 radical (unpaired) electrons. The van der Waals surface area contributed by atoms with E-state index in [1.165, 1.54) is 27.8 Å². The number of aryl methyl sites for hydroxylation is 1. The van der Waals surface area contributed by atoms with Crippen LogP contribution >= 0.6 is 11.6 Å². The summed E-state index contributed by atoms with van der Waals surface area (Å²) in [7, 11) is 0. The highest BCUT2D eigenvalue weighted by Gasteiger charge is 2.17. The van der Waals surface area contributed by atoms with Gasteiger partial charge in [-0.1, -0.05) is 75.7 Å². The zero-order valence-electron chi connectivity index (χ0n) is 13.7. The zero-order chi connectivity index (χ0) is 15.6. The van der Waals surface area contributed by atoms with Gasteiger partial charge in [0.2, 0.25) is 0 Å². The fraction of sp³-hybridized carbons (Fsp3) is 0.400. The van der Waals surface area contributed by atoms with E-state index in [4.69, 9.17) is 11.6 Å². The lowest BCUT2D eigenvalue weighted by molar-refractivity contribution is 0.818. The fourth-order valence-electron chi connectivity index (χ4n) is 2.69. The summed E-state index contributed by atoms with van der Waals surface area (Å²) in [6.45, 7) is 11.1. The van der Waals surface area contributed by atoms with Crippen molar-refractivity contribution in [3.05, 3.63) is 70.3 Å². The van der Waals surface area contributed by atoms with E-state index in [2.05, 4.69) is 77.1 Å². The first-order valence-electron chi connectivity index (χ1n) is 7.74. The molecule has 0 aliphatic heterocycles. The molecule has 0 aliphatic rings. The second-order valence-electron chi connectivity index (χ2n) is 6.47. The monoisotopic (exact) mass is 300 g/mol. The molecule has 0 aromatic heterocycles. The van der Waals surface area contributed by atoms with Crippen molar-refractivity contribution >= 4 is 11.6 Å². The van der Waals surface area contributed by atoms with Crippen LogP contribution in [0.5, 0.6) is 0 Å². The van der Waals surface area contributed by atoms with Crippen LogP contribution in [-0.4, -0.2) is 0 Å². The van der Waals surface area contributed by atoms with E-state index in [-0.39, 0.29) is 5.38 Å². The van der Waals surface area contributed by atoms with Crippen molar-refractivity contribution < 1.29 is 0 Å². The number of rotatable bonds is 4. The minimum atomic E-state index is -0.0801. The lowest BCUT2D eigenvalue weighted by Crippen LogP contribution is -2.03. The third-order valence-electron chi connectivity index (χ3n) is 4.01. The van der Waals surface area contributed by atoms with Gasteiger partial charge in [-0.3, -0.25) is 0 Å². The van der Waals surface area contributed by atoms with Crippen molar-refractivity contribution in [2.75, 3.05) is 0 Å². The van der Waals surface area contributed by atoms with Crippen LogP contribution in [0.2, 0.25) is 0 Å². The topological polar surface area (TPSA) is 0 Å². The first-order valence-corrected chi connectivity index (χ1v) is 8.18. The maximum atomic E-state index is 6.78. The number of hydrogen-bond donors (Lipinski definition) is 0. The van der Waals surface area contributed by atoms with Crippen LogP contribution in [0.1, 0.15) is 72.7 Å². The van der Waals surface area contributed by atoms with E-state index in [1.807, 2.05) is 0 Å². The second-order valence-corrected chi connectivity index (χ2v) is 6.91. The van der Waals surface area contributed by atoms with Crippen molar-refractivity contribution in [3.8, 4) is 0 Å². The smallest absolute Gasteiger partial charge is 0.0838 e. The Hall–Kier alpha value is -1.27. The average Bonchev–Trinajstić information content (AvgIpc) is 2.45. The highest BCUT2D eigenvalue weighted by atomic mass is 35.5. The molecule has 21 heavy (non-hydrogen) atoms. The van der Waals surface area contributed by atoms with Crippen LogP contribution in [-0.2, 0) is 0 Å². The predicted octanol–water partition coefficient (Wildman–Crippen LogP) is 6.57. The summed E-state index contributed by atoms with van der Waals surface area (Å²) in [5, 5.41) is -0.0801. The summed E-state index contributed by atoms with van der Waals surface area (Å²) >= 11 is 6.78. The highest BCUT2D eigenvalue weighted by Crippen LogP contribution is 2.36. The predicted molar refractivity (Wildman–Crippen MR) is 93.5 cm³/mol. The Labute approximate surface area is 134 Å². The van der Waals surface area contributed by atoms with Gasteiger partial charge >= 0.3 is 0 Å². The van der Waals surface area contributed by atoms with E-state index in [1.54, 1.807) is 0 Å². The van der Waals surface area contributed by atoms with Gasteiger partial charge in [-0.25, -0.2) is 0 Å². The molecule has 1 atom stereocenters. The van der Waals surface area contributed by atoms with Gasteiger partial charge in [0.25, 0.3) is 0 Å². The molecule has 0 bridgehead atoms. The first-order chi connectivity index (χ1) is 9.90. The SMILES string of the molecule is Cc1cccc(C(Cl)c2ccc(C(C)C)cc2C(C)C)c1. The molecule has 2 aromatic rings. The molecule has 0 N–H and O–H groups in total. The first kappa shape index (κ1) is 16.1. The molecule has 0 saturated carbocycles. The highest BCUT2D eigenvalue weighted by molar-refractivity contribution is 6.22. The molecule has 0 spiro atoms. The molecule has 2 aromatic carbocycles.